The number of para-hydroxylation sites is 4. The maximum atomic E-state index is 6.31. The van der Waals surface area contributed by atoms with Crippen molar-refractivity contribution in [2.45, 2.75) is 77.0 Å². The Hall–Kier alpha value is -18.6. The summed E-state index contributed by atoms with van der Waals surface area (Å²) in [6.07, 6.45) is 0. The second kappa shape index (κ2) is 33.5. The Morgan fingerprint density at radius 1 is 0.142 bits per heavy atom. The number of hydrogen-bond donors (Lipinski definition) is 0. The minimum atomic E-state index is -0.236. The summed E-state index contributed by atoms with van der Waals surface area (Å²) < 4.78 is 25.0. The van der Waals surface area contributed by atoms with Gasteiger partial charge in [-0.3, -0.25) is 0 Å². The summed E-state index contributed by atoms with van der Waals surface area (Å²) in [5, 5.41) is 9.08. The molecule has 30 rings (SSSR count). The summed E-state index contributed by atoms with van der Waals surface area (Å²) in [7, 11) is 0. The van der Waals surface area contributed by atoms with Crippen LogP contribution < -0.4 is 0 Å². The molecule has 0 saturated carbocycles. The Morgan fingerprint density at radius 3 is 0.750 bits per heavy atom. The van der Waals surface area contributed by atoms with Crippen molar-refractivity contribution in [2.75, 3.05) is 0 Å². The average molecular weight is 1910 g/mol. The highest BCUT2D eigenvalue weighted by Gasteiger charge is 2.43. The van der Waals surface area contributed by atoms with Crippen molar-refractivity contribution in [2.24, 2.45) is 0 Å². The lowest BCUT2D eigenvalue weighted by molar-refractivity contribution is 0.656. The van der Waals surface area contributed by atoms with Gasteiger partial charge in [-0.1, -0.05) is 377 Å². The summed E-state index contributed by atoms with van der Waals surface area (Å²) >= 11 is 0. The van der Waals surface area contributed by atoms with Crippen molar-refractivity contribution in [3.63, 3.8) is 0 Å². The molecule has 4 aliphatic carbocycles. The van der Waals surface area contributed by atoms with Crippen molar-refractivity contribution >= 4 is 87.8 Å². The lowest BCUT2D eigenvalue weighted by Gasteiger charge is -2.22. The highest BCUT2D eigenvalue weighted by atomic mass is 16.3. The van der Waals surface area contributed by atoms with E-state index in [9.17, 15) is 0 Å². The van der Waals surface area contributed by atoms with Crippen molar-refractivity contribution < 1.29 is 17.7 Å². The molecule has 26 aromatic rings. The Morgan fingerprint density at radius 2 is 0.378 bits per heavy atom. The molecule has 7 heterocycles. The molecule has 7 aromatic heterocycles. The third-order valence-corrected chi connectivity index (χ3v) is 31.2. The first-order valence-corrected chi connectivity index (χ1v) is 50.5. The van der Waals surface area contributed by atoms with E-state index in [0.717, 1.165) is 144 Å². The van der Waals surface area contributed by atoms with Crippen molar-refractivity contribution in [1.82, 2.24) is 44.9 Å². The highest BCUT2D eigenvalue weighted by Crippen LogP contribution is 2.59. The first kappa shape index (κ1) is 87.2. The molecule has 0 radical (unpaired) electrons. The summed E-state index contributed by atoms with van der Waals surface area (Å²) in [4.78, 5) is 46.0. The molecule has 0 N–H and O–H groups in total. The first-order chi connectivity index (χ1) is 72.3. The van der Waals surface area contributed by atoms with Crippen LogP contribution in [0.1, 0.15) is 99.9 Å². The average Bonchev–Trinajstić information content (AvgIpc) is 1.57. The molecule has 702 valence electrons. The van der Waals surface area contributed by atoms with Gasteiger partial charge in [-0.15, -0.1) is 0 Å². The fourth-order valence-electron chi connectivity index (χ4n) is 23.7. The fraction of sp³-hybridized carbons (Fsp3) is 0.0889. The molecule has 0 saturated heterocycles. The van der Waals surface area contributed by atoms with Gasteiger partial charge in [0, 0.05) is 115 Å². The van der Waals surface area contributed by atoms with Crippen LogP contribution in [0.25, 0.3) is 257 Å². The molecule has 13 heteroatoms. The van der Waals surface area contributed by atoms with Gasteiger partial charge < -0.3 is 17.7 Å². The van der Waals surface area contributed by atoms with Gasteiger partial charge in [0.05, 0.1) is 0 Å². The summed E-state index contributed by atoms with van der Waals surface area (Å²) in [5.41, 5.74) is 39.8. The minimum Gasteiger partial charge on any atom is -0.456 e. The molecule has 0 unspecified atom stereocenters. The Balaban J connectivity index is 0.000000107. The highest BCUT2D eigenvalue weighted by molar-refractivity contribution is 6.18. The van der Waals surface area contributed by atoms with Crippen LogP contribution in [-0.2, 0) is 21.7 Å². The zero-order valence-electron chi connectivity index (χ0n) is 82.5. The topological polar surface area (TPSA) is 169 Å². The van der Waals surface area contributed by atoms with Crippen molar-refractivity contribution in [1.29, 1.82) is 0 Å². The monoisotopic (exact) mass is 1900 g/mol. The molecule has 19 aromatic carbocycles. The quantitative estimate of drug-likeness (QED) is 0.120. The number of rotatable bonds is 11. The van der Waals surface area contributed by atoms with E-state index in [0.29, 0.717) is 52.4 Å². The number of benzene rings is 19. The van der Waals surface area contributed by atoms with E-state index < -0.39 is 0 Å². The lowest BCUT2D eigenvalue weighted by atomic mass is 9.81. The largest absolute Gasteiger partial charge is 0.456 e. The van der Waals surface area contributed by atoms with E-state index in [1.807, 2.05) is 121 Å². The van der Waals surface area contributed by atoms with E-state index in [1.54, 1.807) is 0 Å². The predicted molar refractivity (Wildman–Crippen MR) is 599 cm³/mol. The van der Waals surface area contributed by atoms with Gasteiger partial charge >= 0.3 is 0 Å². The zero-order valence-corrected chi connectivity index (χ0v) is 82.5. The molecule has 13 nitrogen and oxygen atoms in total. The number of hydrogen-bond acceptors (Lipinski definition) is 13. The van der Waals surface area contributed by atoms with Gasteiger partial charge in [-0.2, -0.15) is 0 Å². The third-order valence-electron chi connectivity index (χ3n) is 31.2. The van der Waals surface area contributed by atoms with Crippen LogP contribution in [0.5, 0.6) is 0 Å². The SMILES string of the molecule is CC1(C)c2cc(-c3nc(-c4cccc(-c5ccccc5)c4)nc(-c4cccc(-c5ccccc5)c4)n3)ccc2-c2c1ccc1oc3ccccc3c21.CC1(C)c2cc(-c3nc(-c4ccccc4)nc(-c4ccc5oc6ccccc6c5c4)n3)ccc2-c2c1ccc1oc3ccccc3c21.CC1(C)c2ccccc2-c2ccc(-c3nc(-c4ccccc4)nc(-c4ccc5c(c4)C(C)(C)c4ccc6oc7ccccc7c6c4-5)n3)cc21. The van der Waals surface area contributed by atoms with Crippen LogP contribution in [0.3, 0.4) is 0 Å². The molecule has 0 bridgehead atoms. The van der Waals surface area contributed by atoms with Gasteiger partial charge in [0.25, 0.3) is 0 Å². The van der Waals surface area contributed by atoms with Crippen LogP contribution in [-0.4, -0.2) is 44.9 Å². The molecule has 0 aliphatic heterocycles. The molecular weight excluding hydrogens is 1810 g/mol. The molecule has 148 heavy (non-hydrogen) atoms. The van der Waals surface area contributed by atoms with E-state index >= 15 is 0 Å². The number of furan rings is 4. The molecule has 0 spiro atoms. The smallest absolute Gasteiger partial charge is 0.164 e. The standard InChI is InChI=1S/C48H33N3O.C45H33N3O.C42H27N3O2/c1-48(2)39-25-26-42-44(38-21-9-10-22-41(38)52-42)43(39)37-24-23-36(29-40(37)48)47-50-45(34-19-11-17-32(27-34)30-13-5-3-6-14-30)49-46(51-47)35-20-12-18-33(28-35)31-15-7-4-8-16-31;1-44(2)33-16-10-8-14-29(33)30-20-18-27(24-35(30)44)42-46-41(26-12-6-5-7-13-26)47-43(48-42)28-19-21-31-36(25-28)45(3,4)34-22-23-38-40(39(31)34)32-15-9-11-17-37(32)49-38;1-42(2)31-19-21-36-38(29-13-7-9-15-34(29)47-36)37(31)28-18-16-26(23-32(28)42)41-44-39(24-10-4-3-5-11-24)43-40(45-41)25-17-20-35-30(22-25)27-12-6-8-14-33(27)46-35/h3-29H,1-2H3;5-25H,1-4H3;3-23H,1-2H3. The van der Waals surface area contributed by atoms with Gasteiger partial charge in [0.15, 0.2) is 52.4 Å². The number of aromatic nitrogens is 9. The first-order valence-electron chi connectivity index (χ1n) is 50.5. The Bertz CT molecular complexity index is 9900. The van der Waals surface area contributed by atoms with Gasteiger partial charge in [0.2, 0.25) is 0 Å². The molecule has 4 aliphatic rings. The Labute approximate surface area is 853 Å². The molecular formula is C135H93N9O4. The normalized spacial score (nSPS) is 13.8. The van der Waals surface area contributed by atoms with Crippen molar-refractivity contribution in [3.05, 3.63) is 463 Å². The summed E-state index contributed by atoms with van der Waals surface area (Å²) in [6.45, 7) is 18.5. The third kappa shape index (κ3) is 14.1. The summed E-state index contributed by atoms with van der Waals surface area (Å²) in [5.74, 6) is 5.82. The molecule has 0 fully saturated rings. The van der Waals surface area contributed by atoms with E-state index in [1.165, 1.54) is 105 Å². The van der Waals surface area contributed by atoms with Crippen LogP contribution in [0.2, 0.25) is 0 Å². The van der Waals surface area contributed by atoms with Crippen LogP contribution in [0, 0.1) is 0 Å². The lowest BCUT2D eigenvalue weighted by Crippen LogP contribution is -2.15. The zero-order chi connectivity index (χ0) is 99.2. The van der Waals surface area contributed by atoms with E-state index in [2.05, 4.69) is 353 Å². The fourth-order valence-corrected chi connectivity index (χ4v) is 23.7. The number of fused-ring (bicyclic) bond motifs is 27. The number of nitrogens with zero attached hydrogens (tertiary/aromatic N) is 9. The maximum Gasteiger partial charge on any atom is 0.164 e. The van der Waals surface area contributed by atoms with E-state index in [4.69, 9.17) is 62.5 Å². The second-order valence-corrected chi connectivity index (χ2v) is 41.3. The maximum absolute atomic E-state index is 6.31. The minimum absolute atomic E-state index is 0.119. The predicted octanol–water partition coefficient (Wildman–Crippen LogP) is 34.8. The second-order valence-electron chi connectivity index (χ2n) is 41.3. The molecule has 0 amide bonds. The van der Waals surface area contributed by atoms with Crippen LogP contribution >= 0.6 is 0 Å². The van der Waals surface area contributed by atoms with Crippen molar-refractivity contribution in [3.8, 4) is 169 Å². The summed E-state index contributed by atoms with van der Waals surface area (Å²) in [6, 6.07) is 146. The van der Waals surface area contributed by atoms with Gasteiger partial charge in [-0.05, 0) is 208 Å². The van der Waals surface area contributed by atoms with Crippen LogP contribution in [0.4, 0.5) is 0 Å². The van der Waals surface area contributed by atoms with Gasteiger partial charge in [-0.25, -0.2) is 44.9 Å². The Kier molecular flexibility index (Phi) is 19.7. The van der Waals surface area contributed by atoms with E-state index in [-0.39, 0.29) is 21.7 Å². The molecule has 0 atom stereocenters. The van der Waals surface area contributed by atoms with Crippen LogP contribution in [0.15, 0.2) is 436 Å². The van der Waals surface area contributed by atoms with Gasteiger partial charge in [0.1, 0.15) is 44.7 Å².